The van der Waals surface area contributed by atoms with Gasteiger partial charge in [-0.3, -0.25) is 4.79 Å². The number of amides is 1. The predicted octanol–water partition coefficient (Wildman–Crippen LogP) is 4.42. The van der Waals surface area contributed by atoms with Crippen LogP contribution in [0.5, 0.6) is 0 Å². The van der Waals surface area contributed by atoms with Crippen LogP contribution in [0.1, 0.15) is 103 Å². The SMILES string of the molecule is CCCCCCCCCCCCCCCCC(=O)N[C@@H](CO)C(=O)O. The fraction of sp³-hybridized carbons (Fsp3) is 0.900. The fourth-order valence-corrected chi connectivity index (χ4v) is 2.93. The molecule has 0 aliphatic rings. The highest BCUT2D eigenvalue weighted by molar-refractivity contribution is 5.83. The number of carboxylic acid groups (broad SMARTS) is 1. The van der Waals surface area contributed by atoms with Crippen LogP contribution in [0.3, 0.4) is 0 Å². The van der Waals surface area contributed by atoms with E-state index in [1.54, 1.807) is 0 Å². The van der Waals surface area contributed by atoms with Gasteiger partial charge in [0.2, 0.25) is 5.91 Å². The van der Waals surface area contributed by atoms with E-state index in [1.165, 1.54) is 70.6 Å². The zero-order chi connectivity index (χ0) is 18.8. The Balaban J connectivity index is 3.28. The van der Waals surface area contributed by atoms with Crippen LogP contribution in [0.2, 0.25) is 0 Å². The molecule has 0 saturated heterocycles. The van der Waals surface area contributed by atoms with Crippen LogP contribution in [0.25, 0.3) is 0 Å². The third-order valence-corrected chi connectivity index (χ3v) is 4.57. The van der Waals surface area contributed by atoms with Crippen LogP contribution in [-0.2, 0) is 9.59 Å². The average molecular weight is 358 g/mol. The first-order valence-electron chi connectivity index (χ1n) is 10.2. The summed E-state index contributed by atoms with van der Waals surface area (Å²) < 4.78 is 0. The van der Waals surface area contributed by atoms with Crippen molar-refractivity contribution in [2.24, 2.45) is 0 Å². The van der Waals surface area contributed by atoms with Gasteiger partial charge in [0.05, 0.1) is 6.61 Å². The summed E-state index contributed by atoms with van der Waals surface area (Å²) in [7, 11) is 0. The van der Waals surface area contributed by atoms with E-state index in [1.807, 2.05) is 0 Å². The maximum Gasteiger partial charge on any atom is 0.328 e. The standard InChI is InChI=1S/C20H39NO4/c1-2-3-4-5-6-7-8-9-10-11-12-13-14-15-16-19(23)21-18(17-22)20(24)25/h18,22H,2-17H2,1H3,(H,21,23)(H,24,25)/t18-/m0/s1. The van der Waals surface area contributed by atoms with Gasteiger partial charge in [0.25, 0.3) is 0 Å². The summed E-state index contributed by atoms with van der Waals surface area (Å²) in [6.45, 7) is 1.68. The molecule has 0 aliphatic carbocycles. The Kier molecular flexibility index (Phi) is 16.9. The number of aliphatic hydroxyl groups is 1. The molecule has 0 bridgehead atoms. The van der Waals surface area contributed by atoms with Crippen LogP contribution in [-0.4, -0.2) is 34.7 Å². The Morgan fingerprint density at radius 3 is 1.52 bits per heavy atom. The van der Waals surface area contributed by atoms with Crippen molar-refractivity contribution in [3.05, 3.63) is 0 Å². The van der Waals surface area contributed by atoms with Gasteiger partial charge in [-0.25, -0.2) is 4.79 Å². The van der Waals surface area contributed by atoms with E-state index < -0.39 is 18.6 Å². The molecular formula is C20H39NO4. The maximum absolute atomic E-state index is 11.5. The second kappa shape index (κ2) is 17.7. The van der Waals surface area contributed by atoms with Gasteiger partial charge in [0, 0.05) is 6.42 Å². The number of carbonyl (C=O) groups is 2. The number of carboxylic acids is 1. The van der Waals surface area contributed by atoms with E-state index in [9.17, 15) is 9.59 Å². The summed E-state index contributed by atoms with van der Waals surface area (Å²) in [4.78, 5) is 22.2. The lowest BCUT2D eigenvalue weighted by Gasteiger charge is -2.11. The molecule has 0 rings (SSSR count). The number of nitrogens with one attached hydrogen (secondary N) is 1. The number of carbonyl (C=O) groups excluding carboxylic acids is 1. The summed E-state index contributed by atoms with van der Waals surface area (Å²) in [5.41, 5.74) is 0. The van der Waals surface area contributed by atoms with Gasteiger partial charge in [0.1, 0.15) is 6.04 Å². The second-order valence-corrected chi connectivity index (χ2v) is 6.99. The molecule has 5 heteroatoms. The molecule has 25 heavy (non-hydrogen) atoms. The van der Waals surface area contributed by atoms with Crippen molar-refractivity contribution in [3.8, 4) is 0 Å². The Labute approximate surface area is 153 Å². The second-order valence-electron chi connectivity index (χ2n) is 6.99. The van der Waals surface area contributed by atoms with Crippen LogP contribution in [0, 0.1) is 0 Å². The van der Waals surface area contributed by atoms with Crippen LogP contribution in [0.15, 0.2) is 0 Å². The lowest BCUT2D eigenvalue weighted by molar-refractivity contribution is -0.142. The molecule has 148 valence electrons. The number of rotatable bonds is 18. The molecule has 0 aromatic carbocycles. The van der Waals surface area contributed by atoms with Gasteiger partial charge in [0.15, 0.2) is 0 Å². The summed E-state index contributed by atoms with van der Waals surface area (Å²) in [5.74, 6) is -1.49. The van der Waals surface area contributed by atoms with E-state index in [-0.39, 0.29) is 5.91 Å². The van der Waals surface area contributed by atoms with Crippen molar-refractivity contribution in [1.82, 2.24) is 5.32 Å². The molecule has 0 unspecified atom stereocenters. The van der Waals surface area contributed by atoms with Crippen molar-refractivity contribution in [2.45, 2.75) is 109 Å². The molecule has 0 aromatic heterocycles. The highest BCUT2D eigenvalue weighted by Crippen LogP contribution is 2.13. The van der Waals surface area contributed by atoms with Crippen LogP contribution < -0.4 is 5.32 Å². The number of hydrogen-bond acceptors (Lipinski definition) is 3. The van der Waals surface area contributed by atoms with E-state index >= 15 is 0 Å². The van der Waals surface area contributed by atoms with Gasteiger partial charge >= 0.3 is 5.97 Å². The molecule has 1 amide bonds. The quantitative estimate of drug-likeness (QED) is 0.317. The minimum absolute atomic E-state index is 0.291. The molecule has 3 N–H and O–H groups in total. The zero-order valence-corrected chi connectivity index (χ0v) is 16.1. The molecule has 0 spiro atoms. The maximum atomic E-state index is 11.5. The molecule has 1 atom stereocenters. The molecule has 0 fully saturated rings. The molecule has 0 heterocycles. The summed E-state index contributed by atoms with van der Waals surface area (Å²) >= 11 is 0. The Bertz CT molecular complexity index is 334. The van der Waals surface area contributed by atoms with E-state index in [0.717, 1.165) is 19.3 Å². The molecular weight excluding hydrogens is 318 g/mol. The highest BCUT2D eigenvalue weighted by Gasteiger charge is 2.17. The monoisotopic (exact) mass is 357 g/mol. The van der Waals surface area contributed by atoms with E-state index in [4.69, 9.17) is 10.2 Å². The number of unbranched alkanes of at least 4 members (excludes halogenated alkanes) is 13. The first-order valence-corrected chi connectivity index (χ1v) is 10.2. The van der Waals surface area contributed by atoms with Gasteiger partial charge < -0.3 is 15.5 Å². The topological polar surface area (TPSA) is 86.6 Å². The van der Waals surface area contributed by atoms with Gasteiger partial charge in [-0.15, -0.1) is 0 Å². The first kappa shape index (κ1) is 23.9. The largest absolute Gasteiger partial charge is 0.480 e. The fourth-order valence-electron chi connectivity index (χ4n) is 2.93. The number of aliphatic hydroxyl groups excluding tert-OH is 1. The van der Waals surface area contributed by atoms with Gasteiger partial charge in [-0.05, 0) is 6.42 Å². The zero-order valence-electron chi connectivity index (χ0n) is 16.1. The third-order valence-electron chi connectivity index (χ3n) is 4.57. The lowest BCUT2D eigenvalue weighted by atomic mass is 10.0. The third kappa shape index (κ3) is 16.1. The van der Waals surface area contributed by atoms with Gasteiger partial charge in [-0.1, -0.05) is 90.4 Å². The van der Waals surface area contributed by atoms with Crippen molar-refractivity contribution < 1.29 is 19.8 Å². The van der Waals surface area contributed by atoms with Crippen LogP contribution >= 0.6 is 0 Å². The number of hydrogen-bond donors (Lipinski definition) is 3. The Hall–Kier alpha value is -1.10. The normalized spacial score (nSPS) is 12.1. The van der Waals surface area contributed by atoms with E-state index in [2.05, 4.69) is 12.2 Å². The van der Waals surface area contributed by atoms with Crippen LogP contribution in [0.4, 0.5) is 0 Å². The minimum atomic E-state index is -1.20. The van der Waals surface area contributed by atoms with E-state index in [0.29, 0.717) is 6.42 Å². The smallest absolute Gasteiger partial charge is 0.328 e. The Morgan fingerprint density at radius 1 is 0.760 bits per heavy atom. The summed E-state index contributed by atoms with van der Waals surface area (Å²) in [5, 5.41) is 19.9. The highest BCUT2D eigenvalue weighted by atomic mass is 16.4. The summed E-state index contributed by atoms with van der Waals surface area (Å²) in [6, 6.07) is -1.18. The van der Waals surface area contributed by atoms with Crippen molar-refractivity contribution in [2.75, 3.05) is 6.61 Å². The molecule has 0 aromatic rings. The summed E-state index contributed by atoms with van der Waals surface area (Å²) in [6.07, 6.45) is 18.0. The first-order chi connectivity index (χ1) is 12.1. The average Bonchev–Trinajstić information content (AvgIpc) is 2.59. The lowest BCUT2D eigenvalue weighted by Crippen LogP contribution is -2.43. The van der Waals surface area contributed by atoms with Crippen molar-refractivity contribution in [3.63, 3.8) is 0 Å². The van der Waals surface area contributed by atoms with Crippen molar-refractivity contribution in [1.29, 1.82) is 0 Å². The minimum Gasteiger partial charge on any atom is -0.480 e. The molecule has 0 saturated carbocycles. The Morgan fingerprint density at radius 2 is 1.16 bits per heavy atom. The molecule has 5 nitrogen and oxygen atoms in total. The van der Waals surface area contributed by atoms with Gasteiger partial charge in [-0.2, -0.15) is 0 Å². The predicted molar refractivity (Wildman–Crippen MR) is 102 cm³/mol. The van der Waals surface area contributed by atoms with Crippen molar-refractivity contribution >= 4 is 11.9 Å². The number of aliphatic carboxylic acids is 1. The molecule has 0 aliphatic heterocycles. The molecule has 0 radical (unpaired) electrons.